The summed E-state index contributed by atoms with van der Waals surface area (Å²) in [7, 11) is 0. The average Bonchev–Trinajstić information content (AvgIpc) is 2.95. The Morgan fingerprint density at radius 1 is 1.14 bits per heavy atom. The number of carbonyl (C=O) groups excluding carboxylic acids is 3. The van der Waals surface area contributed by atoms with Crippen molar-refractivity contribution in [3.8, 4) is 5.69 Å². The Kier molecular flexibility index (Phi) is 6.19. The Labute approximate surface area is 165 Å². The van der Waals surface area contributed by atoms with Crippen molar-refractivity contribution in [3.63, 3.8) is 0 Å². The van der Waals surface area contributed by atoms with E-state index in [9.17, 15) is 18.8 Å². The molecule has 3 amide bonds. The van der Waals surface area contributed by atoms with Crippen LogP contribution in [0.3, 0.4) is 0 Å². The lowest BCUT2D eigenvalue weighted by atomic mass is 10.2. The number of rotatable bonds is 4. The number of imidazole rings is 1. The molecule has 1 saturated heterocycles. The van der Waals surface area contributed by atoms with E-state index >= 15 is 0 Å². The minimum absolute atomic E-state index is 0.0606. The summed E-state index contributed by atoms with van der Waals surface area (Å²) in [6.07, 6.45) is 4.47. The van der Waals surface area contributed by atoms with Gasteiger partial charge in [-0.05, 0) is 49.3 Å². The van der Waals surface area contributed by atoms with Crippen LogP contribution in [0.15, 0.2) is 30.5 Å². The molecule has 1 aromatic heterocycles. The fourth-order valence-electron chi connectivity index (χ4n) is 2.99. The Hall–Kier alpha value is -3.01. The second-order valence-electron chi connectivity index (χ2n) is 6.42. The number of carbonyl (C=O) groups is 3. The van der Waals surface area contributed by atoms with E-state index in [0.29, 0.717) is 18.7 Å². The minimum Gasteiger partial charge on any atom is -0.336 e. The van der Waals surface area contributed by atoms with Crippen LogP contribution in [0.2, 0.25) is 0 Å². The molecule has 2 aromatic rings. The number of nitrogens with one attached hydrogen (secondary N) is 3. The number of likely N-dealkylation sites (tertiary alicyclic amines) is 1. The molecule has 10 heteroatoms. The van der Waals surface area contributed by atoms with Crippen molar-refractivity contribution in [3.05, 3.63) is 46.7 Å². The number of amides is 3. The lowest BCUT2D eigenvalue weighted by molar-refractivity contribution is -0.135. The first-order valence-electron chi connectivity index (χ1n) is 8.89. The van der Waals surface area contributed by atoms with Crippen LogP contribution in [0, 0.1) is 10.6 Å². The highest BCUT2D eigenvalue weighted by Crippen LogP contribution is 2.14. The van der Waals surface area contributed by atoms with E-state index < -0.39 is 17.6 Å². The summed E-state index contributed by atoms with van der Waals surface area (Å²) in [6, 6.07) is 5.48. The van der Waals surface area contributed by atoms with Gasteiger partial charge in [-0.3, -0.25) is 29.8 Å². The van der Waals surface area contributed by atoms with E-state index in [4.69, 9.17) is 12.2 Å². The summed E-state index contributed by atoms with van der Waals surface area (Å²) in [5, 5.41) is 0. The molecule has 2 heterocycles. The predicted molar refractivity (Wildman–Crippen MR) is 102 cm³/mol. The third-order valence-electron chi connectivity index (χ3n) is 4.42. The molecule has 1 aromatic carbocycles. The zero-order valence-corrected chi connectivity index (χ0v) is 15.9. The molecule has 0 saturated carbocycles. The zero-order valence-electron chi connectivity index (χ0n) is 15.0. The van der Waals surface area contributed by atoms with E-state index in [1.165, 1.54) is 39.9 Å². The summed E-state index contributed by atoms with van der Waals surface area (Å²) in [5.41, 5.74) is 5.27. The van der Waals surface area contributed by atoms with Gasteiger partial charge < -0.3 is 9.88 Å². The van der Waals surface area contributed by atoms with Gasteiger partial charge in [0.05, 0.1) is 0 Å². The van der Waals surface area contributed by atoms with E-state index in [1.807, 2.05) is 0 Å². The highest BCUT2D eigenvalue weighted by atomic mass is 32.1. The number of benzene rings is 1. The molecule has 0 spiro atoms. The van der Waals surface area contributed by atoms with Gasteiger partial charge in [0.15, 0.2) is 4.77 Å². The lowest BCUT2D eigenvalue weighted by Crippen LogP contribution is -2.48. The predicted octanol–water partition coefficient (Wildman–Crippen LogP) is 1.84. The molecule has 0 radical (unpaired) electrons. The van der Waals surface area contributed by atoms with Crippen LogP contribution in [-0.2, 0) is 9.59 Å². The largest absolute Gasteiger partial charge is 0.336 e. The Morgan fingerprint density at radius 2 is 1.89 bits per heavy atom. The third-order valence-corrected chi connectivity index (χ3v) is 4.72. The van der Waals surface area contributed by atoms with Gasteiger partial charge in [0.1, 0.15) is 18.1 Å². The van der Waals surface area contributed by atoms with Crippen LogP contribution < -0.4 is 10.9 Å². The maximum Gasteiger partial charge on any atom is 0.288 e. The number of hydrazine groups is 1. The summed E-state index contributed by atoms with van der Waals surface area (Å²) < 4.78 is 14.8. The number of nitrogens with zero attached hydrogens (tertiary/aromatic N) is 2. The number of hydrogen-bond acceptors (Lipinski definition) is 4. The maximum absolute atomic E-state index is 13.1. The van der Waals surface area contributed by atoms with Crippen LogP contribution in [0.25, 0.3) is 5.69 Å². The van der Waals surface area contributed by atoms with Gasteiger partial charge in [0, 0.05) is 24.8 Å². The van der Waals surface area contributed by atoms with Crippen molar-refractivity contribution in [1.29, 1.82) is 0 Å². The molecule has 148 valence electrons. The fourth-order valence-corrected chi connectivity index (χ4v) is 3.25. The van der Waals surface area contributed by atoms with Gasteiger partial charge in [-0.2, -0.15) is 0 Å². The van der Waals surface area contributed by atoms with Crippen molar-refractivity contribution >= 4 is 29.9 Å². The van der Waals surface area contributed by atoms with Crippen LogP contribution >= 0.6 is 12.2 Å². The second kappa shape index (κ2) is 8.79. The Bertz CT molecular complexity index is 937. The SMILES string of the molecule is O=C(CN1CCCCCC1=O)NNC(=O)c1c[nH]c(=S)n1-c1ccc(F)cc1. The quantitative estimate of drug-likeness (QED) is 0.534. The molecule has 8 nitrogen and oxygen atoms in total. The van der Waals surface area contributed by atoms with Gasteiger partial charge in [0.2, 0.25) is 5.91 Å². The number of halogens is 1. The number of hydrogen-bond donors (Lipinski definition) is 3. The van der Waals surface area contributed by atoms with E-state index in [1.54, 1.807) is 0 Å². The molecule has 0 atom stereocenters. The van der Waals surface area contributed by atoms with Gasteiger partial charge in [-0.15, -0.1) is 0 Å². The number of aromatic nitrogens is 2. The van der Waals surface area contributed by atoms with Crippen LogP contribution in [0.5, 0.6) is 0 Å². The fraction of sp³-hybridized carbons (Fsp3) is 0.333. The molecule has 3 rings (SSSR count). The molecule has 0 unspecified atom stereocenters. The van der Waals surface area contributed by atoms with Crippen molar-refractivity contribution in [1.82, 2.24) is 25.3 Å². The summed E-state index contributed by atoms with van der Waals surface area (Å²) >= 11 is 5.18. The molecule has 0 bridgehead atoms. The van der Waals surface area contributed by atoms with E-state index in [-0.39, 0.29) is 22.9 Å². The second-order valence-corrected chi connectivity index (χ2v) is 6.81. The van der Waals surface area contributed by atoms with Crippen molar-refractivity contribution in [2.45, 2.75) is 25.7 Å². The van der Waals surface area contributed by atoms with Crippen molar-refractivity contribution in [2.24, 2.45) is 0 Å². The van der Waals surface area contributed by atoms with Crippen molar-refractivity contribution < 1.29 is 18.8 Å². The summed E-state index contributed by atoms with van der Waals surface area (Å²) in [4.78, 5) is 40.8. The first kappa shape index (κ1) is 19.7. The van der Waals surface area contributed by atoms with Crippen LogP contribution in [0.4, 0.5) is 4.39 Å². The summed E-state index contributed by atoms with van der Waals surface area (Å²) in [6.45, 7) is 0.415. The molecule has 1 fully saturated rings. The van der Waals surface area contributed by atoms with E-state index in [2.05, 4.69) is 15.8 Å². The van der Waals surface area contributed by atoms with Gasteiger partial charge in [-0.25, -0.2) is 4.39 Å². The molecule has 0 aliphatic carbocycles. The average molecular weight is 405 g/mol. The molecule has 1 aliphatic heterocycles. The number of H-pyrrole nitrogens is 1. The molecular formula is C18H20FN5O3S. The topological polar surface area (TPSA) is 99.2 Å². The van der Waals surface area contributed by atoms with Gasteiger partial charge in [0.25, 0.3) is 11.8 Å². The third kappa shape index (κ3) is 4.63. The first-order valence-corrected chi connectivity index (χ1v) is 9.30. The Morgan fingerprint density at radius 3 is 2.64 bits per heavy atom. The van der Waals surface area contributed by atoms with Crippen LogP contribution in [-0.4, -0.2) is 45.3 Å². The molecule has 28 heavy (non-hydrogen) atoms. The number of aromatic amines is 1. The standard InChI is InChI=1S/C18H20FN5O3S/c19-12-5-7-13(8-6-12)24-14(10-20-18(24)28)17(27)22-21-15(25)11-23-9-3-1-2-4-16(23)26/h5-8,10H,1-4,9,11H2,(H,20,28)(H,21,25)(H,22,27). The zero-order chi connectivity index (χ0) is 20.1. The normalized spacial score (nSPS) is 14.5. The van der Waals surface area contributed by atoms with Crippen LogP contribution in [0.1, 0.15) is 36.2 Å². The minimum atomic E-state index is -0.604. The summed E-state index contributed by atoms with van der Waals surface area (Å²) in [5.74, 6) is -1.57. The monoisotopic (exact) mass is 405 g/mol. The van der Waals surface area contributed by atoms with Gasteiger partial charge in [-0.1, -0.05) is 6.42 Å². The van der Waals surface area contributed by atoms with Gasteiger partial charge >= 0.3 is 0 Å². The van der Waals surface area contributed by atoms with Crippen molar-refractivity contribution in [2.75, 3.05) is 13.1 Å². The highest BCUT2D eigenvalue weighted by Gasteiger charge is 2.20. The smallest absolute Gasteiger partial charge is 0.288 e. The molecule has 1 aliphatic rings. The van der Waals surface area contributed by atoms with E-state index in [0.717, 1.165) is 19.3 Å². The Balaban J connectivity index is 1.64. The highest BCUT2D eigenvalue weighted by molar-refractivity contribution is 7.71. The molecular weight excluding hydrogens is 385 g/mol. The maximum atomic E-state index is 13.1. The first-order chi connectivity index (χ1) is 13.5. The molecule has 3 N–H and O–H groups in total. The lowest BCUT2D eigenvalue weighted by Gasteiger charge is -2.19.